The lowest BCUT2D eigenvalue weighted by Crippen LogP contribution is -2.37. The highest BCUT2D eigenvalue weighted by Crippen LogP contribution is 2.39. The Balaban J connectivity index is 2.33. The van der Waals surface area contributed by atoms with Gasteiger partial charge < -0.3 is 5.73 Å². The van der Waals surface area contributed by atoms with Crippen molar-refractivity contribution in [1.29, 1.82) is 0 Å². The van der Waals surface area contributed by atoms with Gasteiger partial charge in [0.15, 0.2) is 0 Å². The van der Waals surface area contributed by atoms with Crippen LogP contribution in [0.3, 0.4) is 0 Å². The Kier molecular flexibility index (Phi) is 4.21. The third-order valence-corrected chi connectivity index (χ3v) is 4.75. The summed E-state index contributed by atoms with van der Waals surface area (Å²) < 4.78 is 13.6. The van der Waals surface area contributed by atoms with Crippen LogP contribution in [0.4, 0.5) is 4.39 Å². The molecule has 2 N–H and O–H groups in total. The zero-order valence-electron chi connectivity index (χ0n) is 10.0. The molecule has 0 unspecified atom stereocenters. The first-order chi connectivity index (χ1) is 8.22. The molecule has 0 spiro atoms. The highest BCUT2D eigenvalue weighted by Gasteiger charge is 2.32. The molecule has 0 saturated heterocycles. The molecule has 2 rings (SSSR count). The van der Waals surface area contributed by atoms with Crippen molar-refractivity contribution >= 4 is 15.9 Å². The summed E-state index contributed by atoms with van der Waals surface area (Å²) in [6, 6.07) is 6.00. The minimum atomic E-state index is -0.420. The number of benzene rings is 1. The second-order valence-corrected chi connectivity index (χ2v) is 5.84. The molecule has 3 heteroatoms. The molecule has 1 aromatic rings. The lowest BCUT2D eigenvalue weighted by atomic mass is 9.69. The van der Waals surface area contributed by atoms with Crippen molar-refractivity contribution in [2.24, 2.45) is 5.73 Å². The molecule has 0 amide bonds. The van der Waals surface area contributed by atoms with Crippen molar-refractivity contribution in [3.63, 3.8) is 0 Å². The second-order valence-electron chi connectivity index (χ2n) is 4.98. The van der Waals surface area contributed by atoms with Gasteiger partial charge in [-0.05, 0) is 30.0 Å². The van der Waals surface area contributed by atoms with Crippen molar-refractivity contribution in [1.82, 2.24) is 0 Å². The Labute approximate surface area is 111 Å². The summed E-state index contributed by atoms with van der Waals surface area (Å²) in [5, 5.41) is 0. The monoisotopic (exact) mass is 299 g/mol. The summed E-state index contributed by atoms with van der Waals surface area (Å²) in [6.07, 6.45) is 6.13. The average Bonchev–Trinajstić information content (AvgIpc) is 2.39. The van der Waals surface area contributed by atoms with E-state index in [1.807, 2.05) is 6.07 Å². The molecule has 1 saturated carbocycles. The average molecular weight is 300 g/mol. The van der Waals surface area contributed by atoms with Crippen LogP contribution in [0.25, 0.3) is 0 Å². The van der Waals surface area contributed by atoms with Crippen LogP contribution in [-0.4, -0.2) is 6.54 Å². The summed E-state index contributed by atoms with van der Waals surface area (Å²) in [5.41, 5.74) is 8.11. The van der Waals surface area contributed by atoms with Gasteiger partial charge in [0.05, 0.1) is 0 Å². The Morgan fingerprint density at radius 1 is 1.24 bits per heavy atom. The number of hydrogen-bond acceptors (Lipinski definition) is 1. The molecule has 1 fully saturated rings. The van der Waals surface area contributed by atoms with Gasteiger partial charge in [-0.25, -0.2) is 4.39 Å². The van der Waals surface area contributed by atoms with E-state index in [0.29, 0.717) is 6.54 Å². The standard InChI is InChI=1S/C14H19BrFN/c15-13-8-12(5-4-11(13)9-16)14(10-17)6-2-1-3-7-14/h4-5,8H,1-3,6-7,9-10,17H2. The lowest BCUT2D eigenvalue weighted by Gasteiger charge is -2.37. The van der Waals surface area contributed by atoms with Gasteiger partial charge in [-0.3, -0.25) is 0 Å². The van der Waals surface area contributed by atoms with E-state index < -0.39 is 6.67 Å². The molecule has 0 bridgehead atoms. The molecule has 94 valence electrons. The highest BCUT2D eigenvalue weighted by atomic mass is 79.9. The molecule has 0 aromatic heterocycles. The fraction of sp³-hybridized carbons (Fsp3) is 0.571. The highest BCUT2D eigenvalue weighted by molar-refractivity contribution is 9.10. The first-order valence-corrected chi connectivity index (χ1v) is 7.06. The minimum absolute atomic E-state index is 0.121. The number of hydrogen-bond donors (Lipinski definition) is 1. The molecule has 17 heavy (non-hydrogen) atoms. The fourth-order valence-electron chi connectivity index (χ4n) is 2.82. The molecule has 0 radical (unpaired) electrons. The maximum absolute atomic E-state index is 12.7. The van der Waals surface area contributed by atoms with Crippen LogP contribution >= 0.6 is 15.9 Å². The second kappa shape index (κ2) is 5.49. The SMILES string of the molecule is NCC1(c2ccc(CF)c(Br)c2)CCCCC1. The van der Waals surface area contributed by atoms with E-state index >= 15 is 0 Å². The third-order valence-electron chi connectivity index (χ3n) is 4.01. The first kappa shape index (κ1) is 13.0. The molecule has 0 aliphatic heterocycles. The largest absolute Gasteiger partial charge is 0.330 e. The predicted octanol–water partition coefficient (Wildman–Crippen LogP) is 4.08. The smallest absolute Gasteiger partial charge is 0.116 e. The van der Waals surface area contributed by atoms with E-state index in [4.69, 9.17) is 5.73 Å². The zero-order chi connectivity index (χ0) is 12.3. The number of alkyl halides is 1. The summed E-state index contributed by atoms with van der Waals surface area (Å²) in [5.74, 6) is 0. The van der Waals surface area contributed by atoms with Crippen molar-refractivity contribution in [3.05, 3.63) is 33.8 Å². The van der Waals surface area contributed by atoms with Crippen LogP contribution < -0.4 is 5.73 Å². The summed E-state index contributed by atoms with van der Waals surface area (Å²) >= 11 is 3.45. The maximum Gasteiger partial charge on any atom is 0.116 e. The van der Waals surface area contributed by atoms with E-state index in [1.165, 1.54) is 24.8 Å². The van der Waals surface area contributed by atoms with Gasteiger partial charge in [0.1, 0.15) is 6.67 Å². The first-order valence-electron chi connectivity index (χ1n) is 6.27. The van der Waals surface area contributed by atoms with Gasteiger partial charge >= 0.3 is 0 Å². The van der Waals surface area contributed by atoms with E-state index in [-0.39, 0.29) is 5.41 Å². The maximum atomic E-state index is 12.7. The van der Waals surface area contributed by atoms with Gasteiger partial charge in [0.2, 0.25) is 0 Å². The van der Waals surface area contributed by atoms with Crippen LogP contribution in [0.1, 0.15) is 43.2 Å². The van der Waals surface area contributed by atoms with Gasteiger partial charge in [-0.1, -0.05) is 47.3 Å². The normalized spacial score (nSPS) is 19.2. The molecule has 1 nitrogen and oxygen atoms in total. The minimum Gasteiger partial charge on any atom is -0.330 e. The zero-order valence-corrected chi connectivity index (χ0v) is 11.6. The van der Waals surface area contributed by atoms with Crippen LogP contribution in [-0.2, 0) is 12.1 Å². The molecule has 0 heterocycles. The fourth-order valence-corrected chi connectivity index (χ4v) is 3.31. The van der Waals surface area contributed by atoms with Crippen molar-refractivity contribution in [3.8, 4) is 0 Å². The van der Waals surface area contributed by atoms with E-state index in [0.717, 1.165) is 22.9 Å². The Hall–Kier alpha value is -0.410. The Morgan fingerprint density at radius 2 is 1.94 bits per heavy atom. The number of nitrogens with two attached hydrogens (primary N) is 1. The molecular formula is C14H19BrFN. The van der Waals surface area contributed by atoms with E-state index in [2.05, 4.69) is 28.1 Å². The Morgan fingerprint density at radius 3 is 2.47 bits per heavy atom. The molecule has 1 aliphatic carbocycles. The molecule has 1 aliphatic rings. The van der Waals surface area contributed by atoms with Gasteiger partial charge in [-0.2, -0.15) is 0 Å². The predicted molar refractivity (Wildman–Crippen MR) is 72.8 cm³/mol. The van der Waals surface area contributed by atoms with Gasteiger partial charge in [0.25, 0.3) is 0 Å². The summed E-state index contributed by atoms with van der Waals surface area (Å²) in [4.78, 5) is 0. The van der Waals surface area contributed by atoms with Gasteiger partial charge in [0, 0.05) is 16.4 Å². The van der Waals surface area contributed by atoms with Crippen LogP contribution in [0, 0.1) is 0 Å². The molecule has 1 aromatic carbocycles. The third kappa shape index (κ3) is 2.55. The van der Waals surface area contributed by atoms with Crippen molar-refractivity contribution in [2.45, 2.75) is 44.2 Å². The van der Waals surface area contributed by atoms with E-state index in [9.17, 15) is 4.39 Å². The van der Waals surface area contributed by atoms with Crippen LogP contribution in [0.2, 0.25) is 0 Å². The van der Waals surface area contributed by atoms with Crippen molar-refractivity contribution < 1.29 is 4.39 Å². The van der Waals surface area contributed by atoms with Crippen molar-refractivity contribution in [2.75, 3.05) is 6.54 Å². The van der Waals surface area contributed by atoms with Crippen LogP contribution in [0.5, 0.6) is 0 Å². The topological polar surface area (TPSA) is 26.0 Å². The van der Waals surface area contributed by atoms with Crippen LogP contribution in [0.15, 0.2) is 22.7 Å². The molecule has 0 atom stereocenters. The number of halogens is 2. The Bertz CT molecular complexity index is 386. The lowest BCUT2D eigenvalue weighted by molar-refractivity contribution is 0.300. The molecular weight excluding hydrogens is 281 g/mol. The summed E-state index contributed by atoms with van der Waals surface area (Å²) in [7, 11) is 0. The number of rotatable bonds is 3. The van der Waals surface area contributed by atoms with E-state index in [1.54, 1.807) is 0 Å². The quantitative estimate of drug-likeness (QED) is 0.894. The summed E-state index contributed by atoms with van der Waals surface area (Å²) in [6.45, 7) is 0.269. The van der Waals surface area contributed by atoms with Gasteiger partial charge in [-0.15, -0.1) is 0 Å².